The average molecular weight is 98.1 g/mol. The molecular formula is C5H8NO. The van der Waals surface area contributed by atoms with Gasteiger partial charge in [0.1, 0.15) is 0 Å². The Balaban J connectivity index is 2.55. The highest BCUT2D eigenvalue weighted by Gasteiger charge is 2.43. The number of nitrogens with two attached hydrogens (primary N) is 1. The molecule has 0 aliphatic heterocycles. The third-order valence-corrected chi connectivity index (χ3v) is 1.38. The first-order valence-corrected chi connectivity index (χ1v) is 2.30. The van der Waals surface area contributed by atoms with Gasteiger partial charge in [-0.1, -0.05) is 0 Å². The van der Waals surface area contributed by atoms with Crippen molar-refractivity contribution in [3.63, 3.8) is 0 Å². The molecule has 0 aromatic heterocycles. The highest BCUT2D eigenvalue weighted by atomic mass is 16.1. The summed E-state index contributed by atoms with van der Waals surface area (Å²) in [5, 5.41) is 0. The fraction of sp³-hybridized carbons (Fsp3) is 0.600. The molecule has 0 aromatic rings. The van der Waals surface area contributed by atoms with Gasteiger partial charge in [0.2, 0.25) is 5.91 Å². The van der Waals surface area contributed by atoms with Crippen LogP contribution in [-0.4, -0.2) is 5.91 Å². The number of primary amides is 1. The van der Waals surface area contributed by atoms with Gasteiger partial charge in [-0.15, -0.1) is 0 Å². The SMILES string of the molecule is [CH2]C1(C(N)=O)CC1. The topological polar surface area (TPSA) is 43.1 Å². The van der Waals surface area contributed by atoms with Crippen LogP contribution in [0.4, 0.5) is 0 Å². The monoisotopic (exact) mass is 98.1 g/mol. The van der Waals surface area contributed by atoms with Crippen LogP contribution in [0.2, 0.25) is 0 Å². The maximum atomic E-state index is 10.2. The van der Waals surface area contributed by atoms with Gasteiger partial charge in [-0.25, -0.2) is 0 Å². The molecule has 0 unspecified atom stereocenters. The van der Waals surface area contributed by atoms with Gasteiger partial charge in [0.25, 0.3) is 0 Å². The minimum Gasteiger partial charge on any atom is -0.369 e. The van der Waals surface area contributed by atoms with Gasteiger partial charge in [0.15, 0.2) is 0 Å². The molecular weight excluding hydrogens is 90.1 g/mol. The number of hydrogen-bond acceptors (Lipinski definition) is 1. The average Bonchev–Trinajstić information content (AvgIpc) is 2.21. The van der Waals surface area contributed by atoms with Gasteiger partial charge < -0.3 is 5.73 Å². The van der Waals surface area contributed by atoms with Crippen LogP contribution in [0, 0.1) is 12.3 Å². The second-order valence-electron chi connectivity index (χ2n) is 2.14. The molecule has 1 aliphatic carbocycles. The van der Waals surface area contributed by atoms with E-state index in [1.54, 1.807) is 0 Å². The van der Waals surface area contributed by atoms with Crippen molar-refractivity contribution in [1.29, 1.82) is 0 Å². The molecule has 0 bridgehead atoms. The molecule has 2 N–H and O–H groups in total. The molecule has 1 amide bonds. The molecule has 1 rings (SSSR count). The molecule has 1 aliphatic rings. The number of carbonyl (C=O) groups is 1. The third kappa shape index (κ3) is 0.601. The van der Waals surface area contributed by atoms with Crippen LogP contribution in [-0.2, 0) is 4.79 Å². The zero-order chi connectivity index (χ0) is 5.49. The lowest BCUT2D eigenvalue weighted by Crippen LogP contribution is -2.21. The molecule has 7 heavy (non-hydrogen) atoms. The minimum atomic E-state index is -0.361. The van der Waals surface area contributed by atoms with E-state index in [0.29, 0.717) is 0 Å². The zero-order valence-corrected chi connectivity index (χ0v) is 4.11. The Labute approximate surface area is 42.7 Å². The first kappa shape index (κ1) is 4.62. The second kappa shape index (κ2) is 0.997. The molecule has 0 heterocycles. The largest absolute Gasteiger partial charge is 0.369 e. The number of hydrogen-bond donors (Lipinski definition) is 1. The molecule has 39 valence electrons. The predicted molar refractivity (Wildman–Crippen MR) is 26.2 cm³/mol. The molecule has 2 heteroatoms. The van der Waals surface area contributed by atoms with Gasteiger partial charge in [0, 0.05) is 5.41 Å². The van der Waals surface area contributed by atoms with E-state index < -0.39 is 0 Å². The lowest BCUT2D eigenvalue weighted by Gasteiger charge is -1.96. The van der Waals surface area contributed by atoms with E-state index >= 15 is 0 Å². The van der Waals surface area contributed by atoms with Crippen LogP contribution in [0.3, 0.4) is 0 Å². The van der Waals surface area contributed by atoms with Crippen LogP contribution in [0.25, 0.3) is 0 Å². The van der Waals surface area contributed by atoms with E-state index in [9.17, 15) is 4.79 Å². The molecule has 0 spiro atoms. The normalized spacial score (nSPS) is 24.1. The van der Waals surface area contributed by atoms with E-state index in [1.807, 2.05) is 0 Å². The van der Waals surface area contributed by atoms with Crippen LogP contribution in [0.5, 0.6) is 0 Å². The fourth-order valence-electron chi connectivity index (χ4n) is 0.397. The summed E-state index contributed by atoms with van der Waals surface area (Å²) in [4.78, 5) is 10.2. The molecule has 1 fully saturated rings. The first-order valence-electron chi connectivity index (χ1n) is 2.30. The summed E-state index contributed by atoms with van der Waals surface area (Å²) in [5.41, 5.74) is 4.57. The van der Waals surface area contributed by atoms with Crippen molar-refractivity contribution in [2.75, 3.05) is 0 Å². The van der Waals surface area contributed by atoms with E-state index in [2.05, 4.69) is 6.92 Å². The molecule has 0 aromatic carbocycles. The standard InChI is InChI=1S/C5H8NO/c1-5(2-3-5)4(6)7/h1-3H2,(H2,6,7). The summed E-state index contributed by atoms with van der Waals surface area (Å²) in [6, 6.07) is 0. The Hall–Kier alpha value is -0.530. The first-order chi connectivity index (χ1) is 3.15. The van der Waals surface area contributed by atoms with Crippen molar-refractivity contribution in [2.45, 2.75) is 12.8 Å². The van der Waals surface area contributed by atoms with Crippen molar-refractivity contribution < 1.29 is 4.79 Å². The molecule has 0 saturated heterocycles. The summed E-state index contributed by atoms with van der Waals surface area (Å²) in [5.74, 6) is -0.257. The summed E-state index contributed by atoms with van der Waals surface area (Å²) >= 11 is 0. The van der Waals surface area contributed by atoms with E-state index in [-0.39, 0.29) is 11.3 Å². The Bertz CT molecular complexity index is 105. The summed E-state index contributed by atoms with van der Waals surface area (Å²) < 4.78 is 0. The zero-order valence-electron chi connectivity index (χ0n) is 4.11. The summed E-state index contributed by atoms with van der Waals surface area (Å²) in [7, 11) is 0. The minimum absolute atomic E-state index is 0.257. The van der Waals surface area contributed by atoms with Crippen molar-refractivity contribution >= 4 is 5.91 Å². The van der Waals surface area contributed by atoms with E-state index in [0.717, 1.165) is 12.8 Å². The predicted octanol–water partition coefficient (Wildman–Crippen LogP) is 0.0860. The highest BCUT2D eigenvalue weighted by Crippen LogP contribution is 2.43. The quantitative estimate of drug-likeness (QED) is 0.496. The van der Waals surface area contributed by atoms with Gasteiger partial charge in [0.05, 0.1) is 0 Å². The van der Waals surface area contributed by atoms with Crippen LogP contribution < -0.4 is 5.73 Å². The smallest absolute Gasteiger partial charge is 0.223 e. The lowest BCUT2D eigenvalue weighted by atomic mass is 10.1. The molecule has 0 atom stereocenters. The molecule has 1 saturated carbocycles. The summed E-state index contributed by atoms with van der Waals surface area (Å²) in [6.07, 6.45) is 1.75. The number of rotatable bonds is 1. The fourth-order valence-corrected chi connectivity index (χ4v) is 0.397. The van der Waals surface area contributed by atoms with Gasteiger partial charge in [-0.3, -0.25) is 4.79 Å². The Morgan fingerprint density at radius 1 is 1.71 bits per heavy atom. The Morgan fingerprint density at radius 3 is 2.14 bits per heavy atom. The van der Waals surface area contributed by atoms with Crippen LogP contribution in [0.15, 0.2) is 0 Å². The Morgan fingerprint density at radius 2 is 2.14 bits per heavy atom. The van der Waals surface area contributed by atoms with Crippen molar-refractivity contribution in [1.82, 2.24) is 0 Å². The lowest BCUT2D eigenvalue weighted by molar-refractivity contribution is -0.121. The summed E-state index contributed by atoms with van der Waals surface area (Å²) in [6.45, 7) is 3.61. The van der Waals surface area contributed by atoms with Crippen molar-refractivity contribution in [3.05, 3.63) is 6.92 Å². The third-order valence-electron chi connectivity index (χ3n) is 1.38. The van der Waals surface area contributed by atoms with E-state index in [1.165, 1.54) is 0 Å². The maximum Gasteiger partial charge on any atom is 0.223 e. The molecule has 2 nitrogen and oxygen atoms in total. The van der Waals surface area contributed by atoms with Crippen molar-refractivity contribution in [2.24, 2.45) is 11.1 Å². The van der Waals surface area contributed by atoms with Crippen LogP contribution >= 0.6 is 0 Å². The second-order valence-corrected chi connectivity index (χ2v) is 2.14. The van der Waals surface area contributed by atoms with Crippen molar-refractivity contribution in [3.8, 4) is 0 Å². The van der Waals surface area contributed by atoms with Gasteiger partial charge in [-0.05, 0) is 19.8 Å². The number of amides is 1. The van der Waals surface area contributed by atoms with Gasteiger partial charge >= 0.3 is 0 Å². The Kier molecular flexibility index (Phi) is 0.659. The maximum absolute atomic E-state index is 10.2. The highest BCUT2D eigenvalue weighted by molar-refractivity contribution is 5.84. The van der Waals surface area contributed by atoms with Crippen LogP contribution in [0.1, 0.15) is 12.8 Å². The van der Waals surface area contributed by atoms with E-state index in [4.69, 9.17) is 5.73 Å². The van der Waals surface area contributed by atoms with Gasteiger partial charge in [-0.2, -0.15) is 0 Å². The number of carbonyl (C=O) groups excluding carboxylic acids is 1. The molecule has 1 radical (unpaired) electrons.